The average Bonchev–Trinajstić information content (AvgIpc) is 2.47. The number of rotatable bonds is 6. The summed E-state index contributed by atoms with van der Waals surface area (Å²) in [6.45, 7) is 1.63. The minimum atomic E-state index is 0.357. The van der Waals surface area contributed by atoms with Gasteiger partial charge >= 0.3 is 0 Å². The molecule has 1 aliphatic carbocycles. The van der Waals surface area contributed by atoms with E-state index >= 15 is 0 Å². The fraction of sp³-hybridized carbons (Fsp3) is 0.625. The van der Waals surface area contributed by atoms with E-state index in [4.69, 9.17) is 9.47 Å². The molecule has 0 aliphatic heterocycles. The maximum absolute atomic E-state index is 6.01. The van der Waals surface area contributed by atoms with Crippen molar-refractivity contribution in [3.63, 3.8) is 0 Å². The van der Waals surface area contributed by atoms with Gasteiger partial charge in [0, 0.05) is 13.7 Å². The van der Waals surface area contributed by atoms with Crippen LogP contribution in [0.15, 0.2) is 24.3 Å². The normalized spacial score (nSPS) is 23.5. The zero-order valence-electron chi connectivity index (χ0n) is 12.0. The molecule has 19 heavy (non-hydrogen) atoms. The first-order chi connectivity index (χ1) is 9.31. The van der Waals surface area contributed by atoms with Crippen LogP contribution < -0.4 is 5.32 Å². The molecule has 0 saturated heterocycles. The van der Waals surface area contributed by atoms with Crippen molar-refractivity contribution in [3.05, 3.63) is 35.4 Å². The summed E-state index contributed by atoms with van der Waals surface area (Å²) in [6.07, 6.45) is 5.33. The highest BCUT2D eigenvalue weighted by Gasteiger charge is 2.21. The minimum Gasteiger partial charge on any atom is -0.381 e. The van der Waals surface area contributed by atoms with E-state index in [-0.39, 0.29) is 0 Å². The quantitative estimate of drug-likeness (QED) is 0.856. The Kier molecular flexibility index (Phi) is 5.83. The van der Waals surface area contributed by atoms with Crippen molar-refractivity contribution in [1.29, 1.82) is 0 Å². The number of nitrogens with one attached hydrogen (secondary N) is 1. The van der Waals surface area contributed by atoms with Crippen molar-refractivity contribution in [1.82, 2.24) is 5.32 Å². The first kappa shape index (κ1) is 14.5. The Hall–Kier alpha value is -0.900. The molecule has 1 N–H and O–H groups in total. The van der Waals surface area contributed by atoms with Gasteiger partial charge < -0.3 is 14.8 Å². The molecule has 1 aliphatic rings. The number of benzene rings is 1. The molecule has 0 heterocycles. The molecule has 2 unspecified atom stereocenters. The van der Waals surface area contributed by atoms with Crippen molar-refractivity contribution in [3.8, 4) is 0 Å². The molecule has 3 nitrogen and oxygen atoms in total. The van der Waals surface area contributed by atoms with Crippen LogP contribution in [0.5, 0.6) is 0 Å². The number of methoxy groups -OCH3 is 1. The van der Waals surface area contributed by atoms with Gasteiger partial charge in [-0.05, 0) is 43.9 Å². The molecule has 0 bridgehead atoms. The summed E-state index contributed by atoms with van der Waals surface area (Å²) in [4.78, 5) is 0. The van der Waals surface area contributed by atoms with E-state index in [9.17, 15) is 0 Å². The molecule has 1 aromatic rings. The van der Waals surface area contributed by atoms with Gasteiger partial charge in [-0.25, -0.2) is 0 Å². The molecule has 1 saturated carbocycles. The Bertz CT molecular complexity index is 364. The molecular formula is C16H25NO2. The summed E-state index contributed by atoms with van der Waals surface area (Å²) in [5.74, 6) is 0. The van der Waals surface area contributed by atoms with Gasteiger partial charge in [-0.2, -0.15) is 0 Å². The molecule has 1 aromatic carbocycles. The molecule has 2 rings (SSSR count). The van der Waals surface area contributed by atoms with Gasteiger partial charge in [-0.15, -0.1) is 0 Å². The molecule has 0 radical (unpaired) electrons. The van der Waals surface area contributed by atoms with Crippen LogP contribution in [0.3, 0.4) is 0 Å². The maximum Gasteiger partial charge on any atom is 0.0720 e. The molecule has 106 valence electrons. The van der Waals surface area contributed by atoms with Crippen molar-refractivity contribution < 1.29 is 9.47 Å². The van der Waals surface area contributed by atoms with Gasteiger partial charge in [0.05, 0.1) is 18.8 Å². The van der Waals surface area contributed by atoms with Crippen LogP contribution in [0.4, 0.5) is 0 Å². The highest BCUT2D eigenvalue weighted by atomic mass is 16.5. The fourth-order valence-electron chi connectivity index (χ4n) is 2.64. The van der Waals surface area contributed by atoms with Crippen LogP contribution in [0, 0.1) is 0 Å². The van der Waals surface area contributed by atoms with Crippen molar-refractivity contribution in [2.75, 3.05) is 14.2 Å². The molecule has 2 atom stereocenters. The molecule has 1 fully saturated rings. The standard InChI is InChI=1S/C16H25NO2/c1-17-11-13-6-8-14(9-7-13)12-19-16-5-3-4-15(10-16)18-2/h6-9,15-17H,3-5,10-12H2,1-2H3. The van der Waals surface area contributed by atoms with Crippen molar-refractivity contribution in [2.45, 2.75) is 51.0 Å². The number of ether oxygens (including phenoxy) is 2. The van der Waals surface area contributed by atoms with E-state index in [1.807, 2.05) is 7.05 Å². The van der Waals surface area contributed by atoms with E-state index in [1.54, 1.807) is 7.11 Å². The van der Waals surface area contributed by atoms with Gasteiger partial charge in [0.15, 0.2) is 0 Å². The van der Waals surface area contributed by atoms with E-state index in [0.717, 1.165) is 19.4 Å². The Morgan fingerprint density at radius 3 is 2.47 bits per heavy atom. The van der Waals surface area contributed by atoms with Gasteiger partial charge in [0.2, 0.25) is 0 Å². The largest absolute Gasteiger partial charge is 0.381 e. The SMILES string of the molecule is CNCc1ccc(COC2CCCC(OC)C2)cc1. The third-order valence-corrected chi connectivity index (χ3v) is 3.80. The van der Waals surface area contributed by atoms with Crippen LogP contribution in [-0.4, -0.2) is 26.4 Å². The number of hydrogen-bond acceptors (Lipinski definition) is 3. The third-order valence-electron chi connectivity index (χ3n) is 3.80. The topological polar surface area (TPSA) is 30.5 Å². The zero-order chi connectivity index (χ0) is 13.5. The van der Waals surface area contributed by atoms with E-state index < -0.39 is 0 Å². The Morgan fingerprint density at radius 1 is 1.11 bits per heavy atom. The van der Waals surface area contributed by atoms with Crippen LogP contribution in [-0.2, 0) is 22.6 Å². The summed E-state index contributed by atoms with van der Waals surface area (Å²) in [6, 6.07) is 8.63. The minimum absolute atomic E-state index is 0.357. The lowest BCUT2D eigenvalue weighted by Crippen LogP contribution is -2.27. The first-order valence-electron chi connectivity index (χ1n) is 7.18. The smallest absolute Gasteiger partial charge is 0.0720 e. The molecular weight excluding hydrogens is 238 g/mol. The van der Waals surface area contributed by atoms with Crippen LogP contribution in [0.25, 0.3) is 0 Å². The van der Waals surface area contributed by atoms with Gasteiger partial charge in [0.1, 0.15) is 0 Å². The molecule has 0 spiro atoms. The van der Waals surface area contributed by atoms with Gasteiger partial charge in [0.25, 0.3) is 0 Å². The van der Waals surface area contributed by atoms with Crippen molar-refractivity contribution >= 4 is 0 Å². The summed E-state index contributed by atoms with van der Waals surface area (Å²) < 4.78 is 11.4. The third kappa shape index (κ3) is 4.60. The van der Waals surface area contributed by atoms with Crippen LogP contribution in [0.2, 0.25) is 0 Å². The second-order valence-electron chi connectivity index (χ2n) is 5.30. The Balaban J connectivity index is 1.78. The second-order valence-corrected chi connectivity index (χ2v) is 5.30. The Morgan fingerprint density at radius 2 is 1.79 bits per heavy atom. The first-order valence-corrected chi connectivity index (χ1v) is 7.18. The lowest BCUT2D eigenvalue weighted by Gasteiger charge is -2.28. The Labute approximate surface area is 116 Å². The van der Waals surface area contributed by atoms with E-state index in [2.05, 4.69) is 29.6 Å². The monoisotopic (exact) mass is 263 g/mol. The predicted octanol–water partition coefficient (Wildman–Crippen LogP) is 2.88. The summed E-state index contributed by atoms with van der Waals surface area (Å²) >= 11 is 0. The van der Waals surface area contributed by atoms with Gasteiger partial charge in [-0.1, -0.05) is 24.3 Å². The lowest BCUT2D eigenvalue weighted by molar-refractivity contribution is -0.0363. The molecule has 3 heteroatoms. The second kappa shape index (κ2) is 7.63. The van der Waals surface area contributed by atoms with E-state index in [0.29, 0.717) is 18.8 Å². The van der Waals surface area contributed by atoms with Gasteiger partial charge in [-0.3, -0.25) is 0 Å². The fourth-order valence-corrected chi connectivity index (χ4v) is 2.64. The van der Waals surface area contributed by atoms with Crippen molar-refractivity contribution in [2.24, 2.45) is 0 Å². The zero-order valence-corrected chi connectivity index (χ0v) is 12.0. The van der Waals surface area contributed by atoms with E-state index in [1.165, 1.54) is 24.0 Å². The predicted molar refractivity (Wildman–Crippen MR) is 77.0 cm³/mol. The number of hydrogen-bond donors (Lipinski definition) is 1. The molecule has 0 amide bonds. The average molecular weight is 263 g/mol. The highest BCUT2D eigenvalue weighted by molar-refractivity contribution is 5.21. The summed E-state index contributed by atoms with van der Waals surface area (Å²) in [7, 11) is 3.76. The van der Waals surface area contributed by atoms with Crippen LogP contribution in [0.1, 0.15) is 36.8 Å². The molecule has 0 aromatic heterocycles. The lowest BCUT2D eigenvalue weighted by atomic mass is 9.95. The summed E-state index contributed by atoms with van der Waals surface area (Å²) in [5, 5.41) is 3.15. The summed E-state index contributed by atoms with van der Waals surface area (Å²) in [5.41, 5.74) is 2.56. The maximum atomic E-state index is 6.01. The van der Waals surface area contributed by atoms with Crippen LogP contribution >= 0.6 is 0 Å². The highest BCUT2D eigenvalue weighted by Crippen LogP contribution is 2.23.